The summed E-state index contributed by atoms with van der Waals surface area (Å²) in [6.45, 7) is 8.64. The number of nitrogens with zero attached hydrogens (tertiary/aromatic N) is 3. The third kappa shape index (κ3) is 7.92. The van der Waals surface area contributed by atoms with E-state index in [-0.39, 0.29) is 36.4 Å². The lowest BCUT2D eigenvalue weighted by atomic mass is 9.93. The average Bonchev–Trinajstić information content (AvgIpc) is 2.85. The Labute approximate surface area is 221 Å². The van der Waals surface area contributed by atoms with Gasteiger partial charge >= 0.3 is 44.6 Å². The minimum atomic E-state index is -8.00. The fourth-order valence-electron chi connectivity index (χ4n) is 2.09. The lowest BCUT2D eigenvalue weighted by Gasteiger charge is -2.39. The Morgan fingerprint density at radius 2 is 0.825 bits per heavy atom. The molecule has 0 aromatic heterocycles. The topological polar surface area (TPSA) is 64.8 Å². The second-order valence-corrected chi connectivity index (χ2v) is 10.9. The van der Waals surface area contributed by atoms with Crippen LogP contribution in [0.4, 0.5) is 57.1 Å². The first-order valence-electron chi connectivity index (χ1n) is 11.4. The van der Waals surface area contributed by atoms with Crippen LogP contribution in [0.25, 0.3) is 0 Å². The van der Waals surface area contributed by atoms with Gasteiger partial charge in [0.25, 0.3) is 0 Å². The number of rotatable bonds is 16. The van der Waals surface area contributed by atoms with E-state index in [0.29, 0.717) is 0 Å². The molecule has 0 atom stereocenters. The van der Waals surface area contributed by atoms with E-state index in [0.717, 1.165) is 0 Å². The van der Waals surface area contributed by atoms with Gasteiger partial charge in [0.2, 0.25) is 0 Å². The Morgan fingerprint density at radius 1 is 0.525 bits per heavy atom. The van der Waals surface area contributed by atoms with Crippen molar-refractivity contribution in [2.24, 2.45) is 15.5 Å². The molecule has 0 aliphatic carbocycles. The summed E-state index contributed by atoms with van der Waals surface area (Å²) in [5.74, 6) is -37.6. The molecule has 20 heteroatoms. The number of halogens is 13. The lowest BCUT2D eigenvalue weighted by molar-refractivity contribution is -0.440. The fraction of sp³-hybridized carbons (Fsp3) is 0.850. The fourth-order valence-corrected chi connectivity index (χ4v) is 3.97. The Kier molecular flexibility index (Phi) is 12.4. The average molecular weight is 634 g/mol. The predicted molar refractivity (Wildman–Crippen MR) is 119 cm³/mol. The highest BCUT2D eigenvalue weighted by Gasteiger charge is 2.90. The number of hydrogen-bond donors (Lipinski definition) is 0. The van der Waals surface area contributed by atoms with Crippen molar-refractivity contribution in [1.29, 1.82) is 0 Å². The van der Waals surface area contributed by atoms with E-state index in [9.17, 15) is 57.1 Å². The highest BCUT2D eigenvalue weighted by atomic mass is 28.4. The van der Waals surface area contributed by atoms with Crippen molar-refractivity contribution in [2.45, 2.75) is 109 Å². The van der Waals surface area contributed by atoms with E-state index in [1.807, 2.05) is 0 Å². The van der Waals surface area contributed by atoms with Gasteiger partial charge in [-0.15, -0.1) is 15.5 Å². The van der Waals surface area contributed by atoms with E-state index < -0.39 is 57.1 Å². The first kappa shape index (κ1) is 37.7. The summed E-state index contributed by atoms with van der Waals surface area (Å²) in [4.78, 5) is 0. The van der Waals surface area contributed by atoms with Crippen LogP contribution in [-0.4, -0.2) is 61.7 Å². The Bertz CT molecular complexity index is 883. The van der Waals surface area contributed by atoms with Gasteiger partial charge in [-0.3, -0.25) is 0 Å². The molecule has 0 aromatic carbocycles. The first-order chi connectivity index (χ1) is 17.8. The van der Waals surface area contributed by atoms with Gasteiger partial charge in [-0.2, -0.15) is 57.1 Å². The van der Waals surface area contributed by atoms with Crippen molar-refractivity contribution in [3.8, 4) is 0 Å². The van der Waals surface area contributed by atoms with Crippen LogP contribution in [0.15, 0.2) is 15.5 Å². The van der Waals surface area contributed by atoms with E-state index >= 15 is 0 Å². The first-order valence-corrected chi connectivity index (χ1v) is 13.4. The van der Waals surface area contributed by atoms with E-state index in [1.165, 1.54) is 20.8 Å². The molecule has 0 N–H and O–H groups in total. The minimum Gasteiger partial charge on any atom is -0.373 e. The second-order valence-electron chi connectivity index (χ2n) is 8.50. The largest absolute Gasteiger partial charge is 0.762 e. The Hall–Kier alpha value is -2.28. The number of hydrogen-bond acceptors (Lipinski definition) is 6. The maximum Gasteiger partial charge on any atom is 0.762 e. The highest BCUT2D eigenvalue weighted by Crippen LogP contribution is 2.61. The Balaban J connectivity index is 6.73. The molecule has 0 amide bonds. The summed E-state index contributed by atoms with van der Waals surface area (Å²) in [5, 5.41) is 10.5. The van der Waals surface area contributed by atoms with Crippen LogP contribution >= 0.6 is 0 Å². The summed E-state index contributed by atoms with van der Waals surface area (Å²) < 4.78 is 191. The van der Waals surface area contributed by atoms with E-state index in [2.05, 4.69) is 15.5 Å². The summed E-state index contributed by atoms with van der Waals surface area (Å²) >= 11 is 0. The molecule has 0 aliphatic heterocycles. The molecule has 236 valence electrons. The van der Waals surface area contributed by atoms with Crippen LogP contribution in [-0.2, 0) is 13.6 Å². The molecule has 0 rings (SSSR count). The molecule has 0 aromatic rings. The standard InChI is InChI=1S/C20H28F13N3O3Si/c1-7-12(4)34-37-40(38-35-13(5)8-2,39-36-14(6)9-3)11-10-15(21,22)16(23,24)17(25,26)18(27,28)19(29,30)20(31,32)33/h7-11H2,1-6H3/b34-12-,35-13-,36-14-. The van der Waals surface area contributed by atoms with Crippen LogP contribution < -0.4 is 0 Å². The molecule has 0 radical (unpaired) electrons. The SMILES string of the molecule is CC/C(C)=N\O[Si](CCC(F)(F)C(F)(F)C(F)(F)C(F)(F)C(F)(F)C(F)(F)F)(O/N=C(/C)CC)O/N=C(/C)CC. The van der Waals surface area contributed by atoms with Crippen molar-refractivity contribution < 1.29 is 70.7 Å². The van der Waals surface area contributed by atoms with Crippen molar-refractivity contribution in [1.82, 2.24) is 0 Å². The Morgan fingerprint density at radius 3 is 1.10 bits per heavy atom. The van der Waals surface area contributed by atoms with Crippen molar-refractivity contribution in [3.63, 3.8) is 0 Å². The third-order valence-electron chi connectivity index (χ3n) is 5.30. The quantitative estimate of drug-likeness (QED) is 0.0742. The molecule has 0 fully saturated rings. The summed E-state index contributed by atoms with van der Waals surface area (Å²) in [6.07, 6.45) is -9.61. The summed E-state index contributed by atoms with van der Waals surface area (Å²) in [7, 11) is -5.03. The minimum absolute atomic E-state index is 0.133. The summed E-state index contributed by atoms with van der Waals surface area (Å²) in [6, 6.07) is -1.67. The molecule has 0 bridgehead atoms. The monoisotopic (exact) mass is 633 g/mol. The molecule has 0 saturated heterocycles. The van der Waals surface area contributed by atoms with Crippen LogP contribution in [0.5, 0.6) is 0 Å². The smallest absolute Gasteiger partial charge is 0.373 e. The van der Waals surface area contributed by atoms with Crippen LogP contribution in [0.2, 0.25) is 6.04 Å². The van der Waals surface area contributed by atoms with Gasteiger partial charge in [0, 0.05) is 6.42 Å². The zero-order valence-electron chi connectivity index (χ0n) is 22.0. The van der Waals surface area contributed by atoms with Gasteiger partial charge in [0.05, 0.1) is 23.2 Å². The molecule has 0 saturated carbocycles. The number of alkyl halides is 13. The lowest BCUT2D eigenvalue weighted by Crippen LogP contribution is -2.70. The van der Waals surface area contributed by atoms with Gasteiger partial charge in [-0.25, -0.2) is 0 Å². The zero-order chi connectivity index (χ0) is 32.0. The molecule has 40 heavy (non-hydrogen) atoms. The van der Waals surface area contributed by atoms with Crippen LogP contribution in [0.3, 0.4) is 0 Å². The zero-order valence-corrected chi connectivity index (χ0v) is 23.0. The molecule has 0 heterocycles. The van der Waals surface area contributed by atoms with E-state index in [4.69, 9.17) is 13.6 Å². The van der Waals surface area contributed by atoms with Gasteiger partial charge in [0.15, 0.2) is 0 Å². The predicted octanol–water partition coefficient (Wildman–Crippen LogP) is 8.46. The van der Waals surface area contributed by atoms with E-state index in [1.54, 1.807) is 20.8 Å². The molecule has 0 unspecified atom stereocenters. The number of oxime groups is 3. The third-order valence-corrected chi connectivity index (χ3v) is 7.27. The van der Waals surface area contributed by atoms with Crippen LogP contribution in [0, 0.1) is 0 Å². The van der Waals surface area contributed by atoms with Gasteiger partial charge < -0.3 is 13.6 Å². The molecule has 0 aliphatic rings. The van der Waals surface area contributed by atoms with Gasteiger partial charge in [-0.1, -0.05) is 20.8 Å². The molecule has 0 spiro atoms. The van der Waals surface area contributed by atoms with Crippen molar-refractivity contribution in [3.05, 3.63) is 0 Å². The molecular weight excluding hydrogens is 605 g/mol. The maximum atomic E-state index is 14.5. The highest BCUT2D eigenvalue weighted by molar-refractivity contribution is 6.60. The van der Waals surface area contributed by atoms with Gasteiger partial charge in [0.1, 0.15) is 0 Å². The molecule has 6 nitrogen and oxygen atoms in total. The van der Waals surface area contributed by atoms with Crippen molar-refractivity contribution in [2.75, 3.05) is 0 Å². The molecular formula is C20H28F13N3O3Si. The second kappa shape index (κ2) is 13.1. The van der Waals surface area contributed by atoms with Crippen molar-refractivity contribution >= 4 is 25.9 Å². The normalized spacial score (nSPS) is 15.8. The van der Waals surface area contributed by atoms with Crippen LogP contribution in [0.1, 0.15) is 67.2 Å². The summed E-state index contributed by atoms with van der Waals surface area (Å²) in [5.41, 5.74) is 0.400. The maximum absolute atomic E-state index is 14.5. The van der Waals surface area contributed by atoms with Gasteiger partial charge in [-0.05, 0) is 40.0 Å².